The maximum absolute atomic E-state index is 5.88. The lowest BCUT2D eigenvalue weighted by Gasteiger charge is -2.21. The van der Waals surface area contributed by atoms with Crippen molar-refractivity contribution in [3.05, 3.63) is 52.9 Å². The van der Waals surface area contributed by atoms with Crippen LogP contribution in [0.3, 0.4) is 0 Å². The van der Waals surface area contributed by atoms with Gasteiger partial charge in [-0.2, -0.15) is 0 Å². The summed E-state index contributed by atoms with van der Waals surface area (Å²) in [4.78, 5) is 6.28. The molecule has 0 amide bonds. The molecule has 2 aromatic rings. The molecule has 2 rings (SSSR count). The number of aliphatic imine (C=N–C) groups is 1. The molecule has 20 heavy (non-hydrogen) atoms. The van der Waals surface area contributed by atoms with Gasteiger partial charge < -0.3 is 14.7 Å². The third-order valence-corrected chi connectivity index (χ3v) is 3.08. The predicted molar refractivity (Wildman–Crippen MR) is 79.6 cm³/mol. The Morgan fingerprint density at radius 2 is 2.10 bits per heavy atom. The highest BCUT2D eigenvalue weighted by molar-refractivity contribution is 6.30. The van der Waals surface area contributed by atoms with Crippen LogP contribution in [0.5, 0.6) is 0 Å². The zero-order chi connectivity index (χ0) is 14.4. The molecule has 0 spiro atoms. The van der Waals surface area contributed by atoms with Crippen LogP contribution in [-0.2, 0) is 13.1 Å². The molecule has 0 unspecified atom stereocenters. The van der Waals surface area contributed by atoms with E-state index in [0.717, 1.165) is 23.2 Å². The van der Waals surface area contributed by atoms with Crippen LogP contribution in [0.25, 0.3) is 0 Å². The van der Waals surface area contributed by atoms with Crippen LogP contribution in [0.2, 0.25) is 5.02 Å². The topological polar surface area (TPSA) is 53.7 Å². The Balaban J connectivity index is 1.91. The van der Waals surface area contributed by atoms with Gasteiger partial charge in [0, 0.05) is 31.7 Å². The van der Waals surface area contributed by atoms with Crippen LogP contribution < -0.4 is 5.32 Å². The van der Waals surface area contributed by atoms with Crippen LogP contribution in [0.4, 0.5) is 0 Å². The number of aromatic nitrogens is 1. The van der Waals surface area contributed by atoms with Gasteiger partial charge in [-0.3, -0.25) is 4.99 Å². The molecule has 0 radical (unpaired) electrons. The Hall–Kier alpha value is -2.01. The number of nitrogens with zero attached hydrogens (tertiary/aromatic N) is 3. The fraction of sp³-hybridized carbons (Fsp3) is 0.286. The highest BCUT2D eigenvalue weighted by Crippen LogP contribution is 2.11. The van der Waals surface area contributed by atoms with Crippen molar-refractivity contribution in [1.82, 2.24) is 15.4 Å². The van der Waals surface area contributed by atoms with Crippen molar-refractivity contribution in [2.45, 2.75) is 13.1 Å². The van der Waals surface area contributed by atoms with E-state index >= 15 is 0 Å². The number of halogens is 1. The third-order valence-electron chi connectivity index (χ3n) is 2.83. The normalized spacial score (nSPS) is 11.4. The minimum absolute atomic E-state index is 0.578. The molecule has 1 N–H and O–H groups in total. The second kappa shape index (κ2) is 6.96. The Morgan fingerprint density at radius 3 is 2.70 bits per heavy atom. The van der Waals surface area contributed by atoms with E-state index in [1.165, 1.54) is 5.56 Å². The van der Waals surface area contributed by atoms with Crippen LogP contribution in [0.15, 0.2) is 46.1 Å². The second-order valence-electron chi connectivity index (χ2n) is 4.37. The highest BCUT2D eigenvalue weighted by Gasteiger charge is 2.07. The molecule has 0 bridgehead atoms. The van der Waals surface area contributed by atoms with Crippen molar-refractivity contribution in [2.24, 2.45) is 4.99 Å². The molecular weight excluding hydrogens is 276 g/mol. The highest BCUT2D eigenvalue weighted by atomic mass is 35.5. The van der Waals surface area contributed by atoms with Crippen LogP contribution in [-0.4, -0.2) is 30.1 Å². The van der Waals surface area contributed by atoms with Crippen molar-refractivity contribution < 1.29 is 4.52 Å². The quantitative estimate of drug-likeness (QED) is 0.695. The van der Waals surface area contributed by atoms with Gasteiger partial charge in [0.05, 0.1) is 6.54 Å². The van der Waals surface area contributed by atoms with Gasteiger partial charge in [0.15, 0.2) is 5.96 Å². The minimum Gasteiger partial charge on any atom is -0.364 e. The van der Waals surface area contributed by atoms with Crippen LogP contribution in [0, 0.1) is 0 Å². The van der Waals surface area contributed by atoms with Crippen molar-refractivity contribution in [3.63, 3.8) is 0 Å². The Kier molecular flexibility index (Phi) is 5.01. The van der Waals surface area contributed by atoms with E-state index in [0.29, 0.717) is 6.54 Å². The maximum Gasteiger partial charge on any atom is 0.194 e. The largest absolute Gasteiger partial charge is 0.364 e. The smallest absolute Gasteiger partial charge is 0.194 e. The summed E-state index contributed by atoms with van der Waals surface area (Å²) in [6, 6.07) is 9.60. The first-order chi connectivity index (χ1) is 9.69. The van der Waals surface area contributed by atoms with Crippen molar-refractivity contribution in [2.75, 3.05) is 14.1 Å². The van der Waals surface area contributed by atoms with Gasteiger partial charge in [-0.15, -0.1) is 0 Å². The number of hydrogen-bond donors (Lipinski definition) is 1. The summed E-state index contributed by atoms with van der Waals surface area (Å²) < 4.78 is 4.79. The van der Waals surface area contributed by atoms with Gasteiger partial charge in [-0.25, -0.2) is 0 Å². The zero-order valence-electron chi connectivity index (χ0n) is 11.5. The monoisotopic (exact) mass is 292 g/mol. The maximum atomic E-state index is 5.88. The average Bonchev–Trinajstić information content (AvgIpc) is 2.95. The molecule has 0 aliphatic rings. The van der Waals surface area contributed by atoms with Crippen LogP contribution in [0.1, 0.15) is 11.3 Å². The molecule has 1 aromatic carbocycles. The molecule has 0 aliphatic carbocycles. The first-order valence-corrected chi connectivity index (χ1v) is 6.62. The van der Waals surface area contributed by atoms with E-state index in [9.17, 15) is 0 Å². The van der Waals surface area contributed by atoms with E-state index < -0.39 is 0 Å². The fourth-order valence-electron chi connectivity index (χ4n) is 1.82. The first kappa shape index (κ1) is 14.4. The summed E-state index contributed by atoms with van der Waals surface area (Å²) in [6.07, 6.45) is 1.55. The summed E-state index contributed by atoms with van der Waals surface area (Å²) in [5.41, 5.74) is 2.01. The summed E-state index contributed by atoms with van der Waals surface area (Å²) in [6.45, 7) is 1.32. The third kappa shape index (κ3) is 3.99. The molecule has 5 nitrogen and oxygen atoms in total. The van der Waals surface area contributed by atoms with Crippen molar-refractivity contribution >= 4 is 17.6 Å². The lowest BCUT2D eigenvalue weighted by molar-refractivity contribution is 0.409. The van der Waals surface area contributed by atoms with Gasteiger partial charge in [0.25, 0.3) is 0 Å². The van der Waals surface area contributed by atoms with E-state index in [1.807, 2.05) is 42.3 Å². The molecule has 0 saturated carbocycles. The zero-order valence-corrected chi connectivity index (χ0v) is 12.3. The molecule has 106 valence electrons. The second-order valence-corrected chi connectivity index (χ2v) is 4.81. The predicted octanol–water partition coefficient (Wildman–Crippen LogP) is 2.54. The lowest BCUT2D eigenvalue weighted by Crippen LogP contribution is -2.38. The molecular formula is C14H17ClN4O. The summed E-state index contributed by atoms with van der Waals surface area (Å²) in [7, 11) is 3.73. The summed E-state index contributed by atoms with van der Waals surface area (Å²) >= 11 is 5.88. The number of benzene rings is 1. The fourth-order valence-corrected chi connectivity index (χ4v) is 1.95. The number of rotatable bonds is 4. The van der Waals surface area contributed by atoms with Gasteiger partial charge in [-0.05, 0) is 17.7 Å². The molecule has 0 fully saturated rings. The average molecular weight is 293 g/mol. The standard InChI is InChI=1S/C14H17ClN4O/c1-16-14(17-9-13-7-8-20-18-13)19(2)10-11-3-5-12(15)6-4-11/h3-8H,9-10H2,1-2H3,(H,16,17). The van der Waals surface area contributed by atoms with Crippen molar-refractivity contribution in [3.8, 4) is 0 Å². The minimum atomic E-state index is 0.578. The molecule has 0 saturated heterocycles. The first-order valence-electron chi connectivity index (χ1n) is 6.24. The van der Waals surface area contributed by atoms with Gasteiger partial charge in [-0.1, -0.05) is 28.9 Å². The molecule has 0 atom stereocenters. The number of guanidine groups is 1. The van der Waals surface area contributed by atoms with Crippen LogP contribution >= 0.6 is 11.6 Å². The lowest BCUT2D eigenvalue weighted by atomic mass is 10.2. The van der Waals surface area contributed by atoms with Gasteiger partial charge in [0.2, 0.25) is 0 Å². The van der Waals surface area contributed by atoms with E-state index in [1.54, 1.807) is 13.3 Å². The number of nitrogens with one attached hydrogen (secondary N) is 1. The number of hydrogen-bond acceptors (Lipinski definition) is 3. The van der Waals surface area contributed by atoms with Crippen molar-refractivity contribution in [1.29, 1.82) is 0 Å². The van der Waals surface area contributed by atoms with Gasteiger partial charge >= 0.3 is 0 Å². The summed E-state index contributed by atoms with van der Waals surface area (Å²) in [5.74, 6) is 0.794. The van der Waals surface area contributed by atoms with E-state index in [2.05, 4.69) is 15.5 Å². The molecule has 0 aliphatic heterocycles. The summed E-state index contributed by atoms with van der Waals surface area (Å²) in [5, 5.41) is 7.82. The van der Waals surface area contributed by atoms with Gasteiger partial charge in [0.1, 0.15) is 12.0 Å². The Labute approximate surface area is 123 Å². The molecule has 1 heterocycles. The SMILES string of the molecule is CN=C(NCc1ccon1)N(C)Cc1ccc(Cl)cc1. The Morgan fingerprint density at radius 1 is 1.35 bits per heavy atom. The molecule has 6 heteroatoms. The van der Waals surface area contributed by atoms with E-state index in [4.69, 9.17) is 16.1 Å². The van der Waals surface area contributed by atoms with E-state index in [-0.39, 0.29) is 0 Å². The molecule has 1 aromatic heterocycles. The Bertz CT molecular complexity index is 551.